The van der Waals surface area contributed by atoms with Gasteiger partial charge in [-0.3, -0.25) is 0 Å². The van der Waals surface area contributed by atoms with E-state index in [1.54, 1.807) is 31.2 Å². The SMILES string of the molecule is COc1ccccc1S(=O)(=O)N1CC(Oc2cc(C)oc(=O)c2)C1. The molecule has 128 valence electrons. The maximum atomic E-state index is 12.6. The molecule has 0 amide bonds. The first-order valence-electron chi connectivity index (χ1n) is 7.32. The van der Waals surface area contributed by atoms with E-state index in [1.807, 2.05) is 0 Å². The van der Waals surface area contributed by atoms with Crippen molar-refractivity contribution < 1.29 is 22.3 Å². The van der Waals surface area contributed by atoms with Crippen LogP contribution in [0.4, 0.5) is 0 Å². The molecule has 1 aliphatic rings. The molecule has 24 heavy (non-hydrogen) atoms. The Bertz CT molecular complexity index is 899. The minimum Gasteiger partial charge on any atom is -0.495 e. The van der Waals surface area contributed by atoms with Crippen molar-refractivity contribution in [1.82, 2.24) is 4.31 Å². The molecule has 0 bridgehead atoms. The highest BCUT2D eigenvalue weighted by atomic mass is 32.2. The lowest BCUT2D eigenvalue weighted by molar-refractivity contribution is 0.0753. The summed E-state index contributed by atoms with van der Waals surface area (Å²) in [7, 11) is -2.21. The van der Waals surface area contributed by atoms with E-state index in [4.69, 9.17) is 13.9 Å². The molecule has 0 spiro atoms. The summed E-state index contributed by atoms with van der Waals surface area (Å²) in [6, 6.07) is 9.31. The zero-order valence-corrected chi connectivity index (χ0v) is 14.1. The average Bonchev–Trinajstić information content (AvgIpc) is 2.49. The molecule has 1 aromatic heterocycles. The standard InChI is InChI=1S/C16H17NO6S/c1-11-7-12(8-16(18)22-11)23-13-9-17(10-13)24(19,20)15-6-4-3-5-14(15)21-2/h3-8,13H,9-10H2,1-2H3. The van der Waals surface area contributed by atoms with Gasteiger partial charge in [0.2, 0.25) is 10.0 Å². The van der Waals surface area contributed by atoms with Crippen molar-refractivity contribution in [3.8, 4) is 11.5 Å². The lowest BCUT2D eigenvalue weighted by atomic mass is 10.2. The van der Waals surface area contributed by atoms with Crippen LogP contribution in [0.2, 0.25) is 0 Å². The highest BCUT2D eigenvalue weighted by Gasteiger charge is 2.39. The van der Waals surface area contributed by atoms with Crippen LogP contribution in [0.1, 0.15) is 5.76 Å². The van der Waals surface area contributed by atoms with Crippen LogP contribution in [-0.4, -0.2) is 39.0 Å². The van der Waals surface area contributed by atoms with E-state index < -0.39 is 15.6 Å². The number of sulfonamides is 1. The maximum Gasteiger partial charge on any atom is 0.339 e. The summed E-state index contributed by atoms with van der Waals surface area (Å²) in [5.74, 6) is 1.12. The van der Waals surface area contributed by atoms with Crippen LogP contribution in [0.25, 0.3) is 0 Å². The van der Waals surface area contributed by atoms with Crippen LogP contribution in [-0.2, 0) is 10.0 Å². The Balaban J connectivity index is 1.70. The summed E-state index contributed by atoms with van der Waals surface area (Å²) < 4.78 is 42.2. The van der Waals surface area contributed by atoms with Gasteiger partial charge < -0.3 is 13.9 Å². The van der Waals surface area contributed by atoms with Gasteiger partial charge in [0.1, 0.15) is 28.3 Å². The molecule has 0 unspecified atom stereocenters. The number of para-hydroxylation sites is 1. The van der Waals surface area contributed by atoms with Crippen molar-refractivity contribution in [1.29, 1.82) is 0 Å². The molecule has 8 heteroatoms. The van der Waals surface area contributed by atoms with Gasteiger partial charge in [0.25, 0.3) is 0 Å². The van der Waals surface area contributed by atoms with E-state index in [1.165, 1.54) is 23.5 Å². The van der Waals surface area contributed by atoms with Gasteiger partial charge in [-0.25, -0.2) is 13.2 Å². The predicted molar refractivity (Wildman–Crippen MR) is 85.9 cm³/mol. The lowest BCUT2D eigenvalue weighted by Crippen LogP contribution is -2.56. The summed E-state index contributed by atoms with van der Waals surface area (Å²) in [5.41, 5.74) is -0.497. The van der Waals surface area contributed by atoms with Gasteiger partial charge in [-0.2, -0.15) is 4.31 Å². The van der Waals surface area contributed by atoms with Crippen molar-refractivity contribution in [2.45, 2.75) is 17.9 Å². The van der Waals surface area contributed by atoms with Gasteiger partial charge in [-0.05, 0) is 19.1 Å². The molecule has 1 aromatic carbocycles. The third-order valence-corrected chi connectivity index (χ3v) is 5.54. The first kappa shape index (κ1) is 16.5. The number of hydrogen-bond acceptors (Lipinski definition) is 6. The number of ether oxygens (including phenoxy) is 2. The van der Waals surface area contributed by atoms with Crippen LogP contribution in [0.3, 0.4) is 0 Å². The highest BCUT2D eigenvalue weighted by Crippen LogP contribution is 2.30. The molecule has 0 N–H and O–H groups in total. The molecule has 0 aliphatic carbocycles. The number of hydrogen-bond donors (Lipinski definition) is 0. The van der Waals surface area contributed by atoms with Crippen molar-refractivity contribution >= 4 is 10.0 Å². The van der Waals surface area contributed by atoms with Crippen molar-refractivity contribution in [3.63, 3.8) is 0 Å². The van der Waals surface area contributed by atoms with Crippen molar-refractivity contribution in [3.05, 3.63) is 52.6 Å². The first-order valence-corrected chi connectivity index (χ1v) is 8.76. The zero-order chi connectivity index (χ0) is 17.3. The van der Waals surface area contributed by atoms with E-state index in [0.29, 0.717) is 17.3 Å². The molecule has 2 aromatic rings. The number of aryl methyl sites for hydroxylation is 1. The van der Waals surface area contributed by atoms with E-state index >= 15 is 0 Å². The third kappa shape index (κ3) is 3.15. The smallest absolute Gasteiger partial charge is 0.339 e. The van der Waals surface area contributed by atoms with E-state index in [9.17, 15) is 13.2 Å². The zero-order valence-electron chi connectivity index (χ0n) is 13.3. The third-order valence-electron chi connectivity index (χ3n) is 3.67. The molecule has 7 nitrogen and oxygen atoms in total. The molecule has 0 radical (unpaired) electrons. The van der Waals surface area contributed by atoms with Crippen molar-refractivity contribution in [2.75, 3.05) is 20.2 Å². The molecular formula is C16H17NO6S. The fraction of sp³-hybridized carbons (Fsp3) is 0.312. The quantitative estimate of drug-likeness (QED) is 0.810. The molecule has 1 saturated heterocycles. The number of rotatable bonds is 5. The summed E-state index contributed by atoms with van der Waals surface area (Å²) in [4.78, 5) is 11.4. The second kappa shape index (κ2) is 6.29. The van der Waals surface area contributed by atoms with Crippen molar-refractivity contribution in [2.24, 2.45) is 0 Å². The van der Waals surface area contributed by atoms with Gasteiger partial charge in [0, 0.05) is 6.07 Å². The number of methoxy groups -OCH3 is 1. The Morgan fingerprint density at radius 2 is 1.92 bits per heavy atom. The fourth-order valence-corrected chi connectivity index (χ4v) is 4.14. The molecular weight excluding hydrogens is 334 g/mol. The molecule has 0 atom stereocenters. The van der Waals surface area contributed by atoms with Crippen LogP contribution < -0.4 is 15.1 Å². The summed E-state index contributed by atoms with van der Waals surface area (Å²) >= 11 is 0. The molecule has 1 fully saturated rings. The topological polar surface area (TPSA) is 86.1 Å². The Labute approximate surface area is 139 Å². The summed E-state index contributed by atoms with van der Waals surface area (Å²) in [6.07, 6.45) is -0.310. The van der Waals surface area contributed by atoms with Gasteiger partial charge in [-0.1, -0.05) is 12.1 Å². The molecule has 0 saturated carbocycles. The maximum absolute atomic E-state index is 12.6. The average molecular weight is 351 g/mol. The molecule has 2 heterocycles. The highest BCUT2D eigenvalue weighted by molar-refractivity contribution is 7.89. The second-order valence-electron chi connectivity index (χ2n) is 5.44. The Morgan fingerprint density at radius 3 is 2.58 bits per heavy atom. The predicted octanol–water partition coefficient (Wildman–Crippen LogP) is 1.41. The largest absolute Gasteiger partial charge is 0.495 e. The number of nitrogens with zero attached hydrogens (tertiary/aromatic N) is 1. The summed E-state index contributed by atoms with van der Waals surface area (Å²) in [6.45, 7) is 2.06. The van der Waals surface area contributed by atoms with E-state index in [-0.39, 0.29) is 24.1 Å². The minimum absolute atomic E-state index is 0.127. The lowest BCUT2D eigenvalue weighted by Gasteiger charge is -2.37. The Morgan fingerprint density at radius 1 is 1.21 bits per heavy atom. The monoisotopic (exact) mass is 351 g/mol. The molecule has 3 rings (SSSR count). The first-order chi connectivity index (χ1) is 11.4. The Hall–Kier alpha value is -2.32. The van der Waals surface area contributed by atoms with E-state index in [2.05, 4.69) is 0 Å². The van der Waals surface area contributed by atoms with Gasteiger partial charge in [-0.15, -0.1) is 0 Å². The normalized spacial score (nSPS) is 15.8. The van der Waals surface area contributed by atoms with Crippen LogP contribution >= 0.6 is 0 Å². The van der Waals surface area contributed by atoms with Crippen LogP contribution in [0.5, 0.6) is 11.5 Å². The fourth-order valence-electron chi connectivity index (χ4n) is 2.48. The molecule has 1 aliphatic heterocycles. The van der Waals surface area contributed by atoms with Gasteiger partial charge >= 0.3 is 5.63 Å². The summed E-state index contributed by atoms with van der Waals surface area (Å²) in [5, 5.41) is 0. The Kier molecular flexibility index (Phi) is 4.33. The van der Waals surface area contributed by atoms with Crippen LogP contribution in [0.15, 0.2) is 50.5 Å². The van der Waals surface area contributed by atoms with E-state index in [0.717, 1.165) is 0 Å². The minimum atomic E-state index is -3.64. The van der Waals surface area contributed by atoms with Crippen LogP contribution in [0, 0.1) is 6.92 Å². The van der Waals surface area contributed by atoms with Gasteiger partial charge in [0.15, 0.2) is 0 Å². The number of benzene rings is 1. The van der Waals surface area contributed by atoms with Gasteiger partial charge in [0.05, 0.1) is 26.3 Å². The second-order valence-corrected chi connectivity index (χ2v) is 7.34.